The van der Waals surface area contributed by atoms with Crippen LogP contribution < -0.4 is 5.73 Å². The molecular weight excluding hydrogens is 294 g/mol. The maximum atomic E-state index is 12.6. The highest BCUT2D eigenvalue weighted by Gasteiger charge is 2.30. The Morgan fingerprint density at radius 3 is 2.70 bits per heavy atom. The lowest BCUT2D eigenvalue weighted by Gasteiger charge is -2.25. The van der Waals surface area contributed by atoms with Gasteiger partial charge in [0.25, 0.3) is 0 Å². The molecule has 0 fully saturated rings. The summed E-state index contributed by atoms with van der Waals surface area (Å²) in [5.74, 6) is 0. The standard InChI is InChI=1S/C13H15N3O2S2/c1-9-2-4-10(5-3-9)20(17,18)16-7-6-11-12(8-16)19-13(14)15-11/h2-5H,6-8H2,1H3,(H2,14,15). The molecule has 2 heterocycles. The van der Waals surface area contributed by atoms with E-state index in [1.807, 2.05) is 19.1 Å². The van der Waals surface area contributed by atoms with E-state index in [2.05, 4.69) is 4.98 Å². The van der Waals surface area contributed by atoms with Crippen LogP contribution >= 0.6 is 11.3 Å². The molecule has 1 aliphatic rings. The van der Waals surface area contributed by atoms with Gasteiger partial charge >= 0.3 is 0 Å². The molecule has 5 nitrogen and oxygen atoms in total. The number of sulfonamides is 1. The maximum Gasteiger partial charge on any atom is 0.243 e. The summed E-state index contributed by atoms with van der Waals surface area (Å²) in [4.78, 5) is 5.51. The van der Waals surface area contributed by atoms with Gasteiger partial charge in [-0.2, -0.15) is 4.31 Å². The van der Waals surface area contributed by atoms with Crippen LogP contribution in [0.2, 0.25) is 0 Å². The van der Waals surface area contributed by atoms with Gasteiger partial charge in [0, 0.05) is 17.8 Å². The molecule has 0 spiro atoms. The summed E-state index contributed by atoms with van der Waals surface area (Å²) in [6, 6.07) is 6.93. The Balaban J connectivity index is 1.91. The molecule has 1 aliphatic heterocycles. The van der Waals surface area contributed by atoms with Crippen LogP contribution in [0.5, 0.6) is 0 Å². The molecule has 0 unspecified atom stereocenters. The third-order valence-electron chi connectivity index (χ3n) is 3.37. The van der Waals surface area contributed by atoms with Crippen molar-refractivity contribution in [1.29, 1.82) is 0 Å². The van der Waals surface area contributed by atoms with E-state index in [0.29, 0.717) is 29.5 Å². The molecule has 2 N–H and O–H groups in total. The Hall–Kier alpha value is -1.44. The van der Waals surface area contributed by atoms with E-state index in [1.165, 1.54) is 15.6 Å². The van der Waals surface area contributed by atoms with E-state index in [1.54, 1.807) is 12.1 Å². The van der Waals surface area contributed by atoms with Crippen LogP contribution in [0.15, 0.2) is 29.2 Å². The van der Waals surface area contributed by atoms with Gasteiger partial charge in [-0.25, -0.2) is 13.4 Å². The van der Waals surface area contributed by atoms with Crippen LogP contribution in [0, 0.1) is 6.92 Å². The van der Waals surface area contributed by atoms with Crippen LogP contribution in [0.4, 0.5) is 5.13 Å². The quantitative estimate of drug-likeness (QED) is 0.917. The van der Waals surface area contributed by atoms with Gasteiger partial charge in [-0.15, -0.1) is 11.3 Å². The van der Waals surface area contributed by atoms with Gasteiger partial charge < -0.3 is 5.73 Å². The highest BCUT2D eigenvalue weighted by molar-refractivity contribution is 7.89. The molecule has 1 aromatic heterocycles. The number of thiazole rings is 1. The Morgan fingerprint density at radius 2 is 2.00 bits per heavy atom. The van der Waals surface area contributed by atoms with Crippen molar-refractivity contribution in [2.45, 2.75) is 24.8 Å². The van der Waals surface area contributed by atoms with Gasteiger partial charge in [-0.1, -0.05) is 17.7 Å². The minimum Gasteiger partial charge on any atom is -0.375 e. The molecule has 0 saturated carbocycles. The lowest BCUT2D eigenvalue weighted by atomic mass is 10.2. The number of rotatable bonds is 2. The minimum absolute atomic E-state index is 0.337. The van der Waals surface area contributed by atoms with Gasteiger partial charge in [0.05, 0.1) is 17.1 Å². The first-order valence-corrected chi connectivity index (χ1v) is 8.53. The minimum atomic E-state index is -3.44. The Labute approximate surface area is 122 Å². The number of hydrogen-bond acceptors (Lipinski definition) is 5. The van der Waals surface area contributed by atoms with Crippen molar-refractivity contribution < 1.29 is 8.42 Å². The van der Waals surface area contributed by atoms with Gasteiger partial charge in [-0.05, 0) is 19.1 Å². The average molecular weight is 309 g/mol. The first-order valence-electron chi connectivity index (χ1n) is 6.28. The van der Waals surface area contributed by atoms with E-state index in [9.17, 15) is 8.42 Å². The summed E-state index contributed by atoms with van der Waals surface area (Å²) >= 11 is 1.37. The number of nitrogen functional groups attached to an aromatic ring is 1. The van der Waals surface area contributed by atoms with Gasteiger partial charge in [0.2, 0.25) is 10.0 Å². The SMILES string of the molecule is Cc1ccc(S(=O)(=O)N2CCc3nc(N)sc3C2)cc1. The predicted molar refractivity (Wildman–Crippen MR) is 79.0 cm³/mol. The number of anilines is 1. The molecule has 0 radical (unpaired) electrons. The summed E-state index contributed by atoms with van der Waals surface area (Å²) in [5.41, 5.74) is 7.66. The second-order valence-electron chi connectivity index (χ2n) is 4.82. The number of fused-ring (bicyclic) bond motifs is 1. The highest BCUT2D eigenvalue weighted by atomic mass is 32.2. The molecule has 0 atom stereocenters. The Kier molecular flexibility index (Phi) is 3.27. The number of nitrogens with zero attached hydrogens (tertiary/aromatic N) is 2. The van der Waals surface area contributed by atoms with E-state index >= 15 is 0 Å². The summed E-state index contributed by atoms with van der Waals surface area (Å²) in [6.45, 7) is 2.75. The van der Waals surface area contributed by atoms with Crippen LogP contribution in [0.3, 0.4) is 0 Å². The van der Waals surface area contributed by atoms with Crippen LogP contribution in [-0.2, 0) is 23.0 Å². The van der Waals surface area contributed by atoms with E-state index in [4.69, 9.17) is 5.73 Å². The number of benzene rings is 1. The van der Waals surface area contributed by atoms with E-state index in [0.717, 1.165) is 16.1 Å². The van der Waals surface area contributed by atoms with Crippen molar-refractivity contribution in [1.82, 2.24) is 9.29 Å². The summed E-state index contributed by atoms with van der Waals surface area (Å²) in [7, 11) is -3.44. The zero-order valence-electron chi connectivity index (χ0n) is 11.0. The molecule has 1 aromatic carbocycles. The van der Waals surface area contributed by atoms with Crippen molar-refractivity contribution in [3.63, 3.8) is 0 Å². The Morgan fingerprint density at radius 1 is 1.30 bits per heavy atom. The molecule has 0 bridgehead atoms. The van der Waals surface area contributed by atoms with Crippen molar-refractivity contribution in [3.8, 4) is 0 Å². The first kappa shape index (κ1) is 13.5. The smallest absolute Gasteiger partial charge is 0.243 e. The predicted octanol–water partition coefficient (Wildman–Crippen LogP) is 1.78. The van der Waals surface area contributed by atoms with E-state index < -0.39 is 10.0 Å². The normalized spacial score (nSPS) is 16.1. The molecular formula is C13H15N3O2S2. The molecule has 0 aliphatic carbocycles. The number of nitrogens with two attached hydrogens (primary N) is 1. The first-order chi connectivity index (χ1) is 9.46. The van der Waals surface area contributed by atoms with Gasteiger partial charge in [0.1, 0.15) is 0 Å². The number of aromatic nitrogens is 1. The zero-order chi connectivity index (χ0) is 14.3. The van der Waals surface area contributed by atoms with Crippen LogP contribution in [0.25, 0.3) is 0 Å². The van der Waals surface area contributed by atoms with Gasteiger partial charge in [-0.3, -0.25) is 0 Å². The fraction of sp³-hybridized carbons (Fsp3) is 0.308. The molecule has 3 rings (SSSR count). The third-order valence-corrected chi connectivity index (χ3v) is 6.14. The van der Waals surface area contributed by atoms with Crippen molar-refractivity contribution in [2.75, 3.05) is 12.3 Å². The summed E-state index contributed by atoms with van der Waals surface area (Å²) < 4.78 is 26.7. The third kappa shape index (κ3) is 2.32. The second-order valence-corrected chi connectivity index (χ2v) is 7.88. The molecule has 2 aromatic rings. The molecule has 0 amide bonds. The van der Waals surface area contributed by atoms with Crippen molar-refractivity contribution in [3.05, 3.63) is 40.4 Å². The molecule has 0 saturated heterocycles. The lowest BCUT2D eigenvalue weighted by molar-refractivity contribution is 0.393. The number of aryl methyl sites for hydroxylation is 1. The topological polar surface area (TPSA) is 76.3 Å². The maximum absolute atomic E-state index is 12.6. The largest absolute Gasteiger partial charge is 0.375 e. The summed E-state index contributed by atoms with van der Waals surface area (Å²) in [5, 5.41) is 0.504. The number of hydrogen-bond donors (Lipinski definition) is 1. The van der Waals surface area contributed by atoms with Gasteiger partial charge in [0.15, 0.2) is 5.13 Å². The average Bonchev–Trinajstić information content (AvgIpc) is 2.78. The van der Waals surface area contributed by atoms with Crippen LogP contribution in [0.1, 0.15) is 16.1 Å². The van der Waals surface area contributed by atoms with Crippen molar-refractivity contribution >= 4 is 26.5 Å². The fourth-order valence-corrected chi connectivity index (χ4v) is 4.64. The Bertz CT molecular complexity index is 735. The molecule has 20 heavy (non-hydrogen) atoms. The zero-order valence-corrected chi connectivity index (χ0v) is 12.7. The fourth-order valence-electron chi connectivity index (χ4n) is 2.26. The second kappa shape index (κ2) is 4.83. The van der Waals surface area contributed by atoms with E-state index in [-0.39, 0.29) is 0 Å². The van der Waals surface area contributed by atoms with Crippen molar-refractivity contribution in [2.24, 2.45) is 0 Å². The monoisotopic (exact) mass is 309 g/mol. The summed E-state index contributed by atoms with van der Waals surface area (Å²) in [6.07, 6.45) is 0.619. The lowest BCUT2D eigenvalue weighted by Crippen LogP contribution is -2.35. The highest BCUT2D eigenvalue weighted by Crippen LogP contribution is 2.29. The van der Waals surface area contributed by atoms with Crippen LogP contribution in [-0.4, -0.2) is 24.3 Å². The molecule has 106 valence electrons. The molecule has 7 heteroatoms.